The Labute approximate surface area is 202 Å². The molecule has 1 amide bonds. The largest absolute Gasteiger partial charge is 0.493 e. The van der Waals surface area contributed by atoms with E-state index in [9.17, 15) is 4.79 Å². The van der Waals surface area contributed by atoms with Gasteiger partial charge in [-0.1, -0.05) is 6.07 Å². The minimum absolute atomic E-state index is 0.0771. The van der Waals surface area contributed by atoms with Gasteiger partial charge in [0, 0.05) is 43.2 Å². The van der Waals surface area contributed by atoms with E-state index in [0.29, 0.717) is 36.9 Å². The molecule has 10 nitrogen and oxygen atoms in total. The number of carbonyl (C=O) groups excluding carboxylic acids is 1. The molecule has 0 unspecified atom stereocenters. The van der Waals surface area contributed by atoms with Crippen LogP contribution in [0.1, 0.15) is 32.8 Å². The van der Waals surface area contributed by atoms with Crippen LogP contribution in [0.4, 0.5) is 0 Å². The van der Waals surface area contributed by atoms with Gasteiger partial charge in [0.1, 0.15) is 11.3 Å². The van der Waals surface area contributed by atoms with Crippen LogP contribution in [0.2, 0.25) is 0 Å². The van der Waals surface area contributed by atoms with Gasteiger partial charge >= 0.3 is 0 Å². The fraction of sp³-hybridized carbons (Fsp3) is 0.478. The van der Waals surface area contributed by atoms with E-state index in [-0.39, 0.29) is 5.91 Å². The number of aromatic nitrogens is 4. The van der Waals surface area contributed by atoms with Crippen LogP contribution >= 0.6 is 11.3 Å². The van der Waals surface area contributed by atoms with Crippen LogP contribution in [-0.2, 0) is 19.4 Å². The molecule has 34 heavy (non-hydrogen) atoms. The Morgan fingerprint density at radius 3 is 2.50 bits per heavy atom. The maximum absolute atomic E-state index is 13.6. The third-order valence-corrected chi connectivity index (χ3v) is 7.79. The molecule has 3 aromatic rings. The van der Waals surface area contributed by atoms with Crippen molar-refractivity contribution in [2.45, 2.75) is 25.8 Å². The number of piperazine rings is 1. The van der Waals surface area contributed by atoms with Crippen molar-refractivity contribution in [3.63, 3.8) is 0 Å². The lowest BCUT2D eigenvalue weighted by Gasteiger charge is -2.35. The van der Waals surface area contributed by atoms with E-state index in [0.717, 1.165) is 48.5 Å². The number of carbonyl (C=O) groups is 1. The van der Waals surface area contributed by atoms with Crippen molar-refractivity contribution in [2.75, 3.05) is 47.5 Å². The number of fused-ring (bicyclic) bond motifs is 1. The van der Waals surface area contributed by atoms with Gasteiger partial charge in [-0.2, -0.15) is 4.68 Å². The molecule has 0 spiro atoms. The molecule has 1 aromatic carbocycles. The van der Waals surface area contributed by atoms with Crippen molar-refractivity contribution in [2.24, 2.45) is 0 Å². The molecule has 0 saturated carbocycles. The third kappa shape index (κ3) is 3.98. The van der Waals surface area contributed by atoms with E-state index in [4.69, 9.17) is 14.2 Å². The van der Waals surface area contributed by atoms with Gasteiger partial charge < -0.3 is 19.1 Å². The summed E-state index contributed by atoms with van der Waals surface area (Å²) in [5.41, 5.74) is 2.98. The topological polar surface area (TPSA) is 94.8 Å². The predicted molar refractivity (Wildman–Crippen MR) is 126 cm³/mol. The zero-order valence-electron chi connectivity index (χ0n) is 19.6. The molecular weight excluding hydrogens is 456 g/mol. The van der Waals surface area contributed by atoms with Gasteiger partial charge in [-0.15, -0.1) is 16.4 Å². The number of nitrogens with zero attached hydrogens (tertiary/aromatic N) is 6. The van der Waals surface area contributed by atoms with Crippen molar-refractivity contribution in [1.29, 1.82) is 0 Å². The average Bonchev–Trinajstić information content (AvgIpc) is 3.61. The average molecular weight is 485 g/mol. The summed E-state index contributed by atoms with van der Waals surface area (Å²) in [6, 6.07) is 3.90. The molecule has 2 aromatic heterocycles. The van der Waals surface area contributed by atoms with Crippen LogP contribution in [0.15, 0.2) is 18.5 Å². The fourth-order valence-electron chi connectivity index (χ4n) is 4.82. The molecule has 11 heteroatoms. The predicted octanol–water partition coefficient (Wildman–Crippen LogP) is 2.20. The highest BCUT2D eigenvalue weighted by Crippen LogP contribution is 2.41. The summed E-state index contributed by atoms with van der Waals surface area (Å²) in [4.78, 5) is 19.2. The second-order valence-corrected chi connectivity index (χ2v) is 9.44. The molecule has 0 bridgehead atoms. The summed E-state index contributed by atoms with van der Waals surface area (Å²) < 4.78 is 18.2. The summed E-state index contributed by atoms with van der Waals surface area (Å²) in [5, 5.41) is 12.4. The van der Waals surface area contributed by atoms with Crippen molar-refractivity contribution >= 4 is 17.2 Å². The Bertz CT molecular complexity index is 1170. The van der Waals surface area contributed by atoms with Crippen molar-refractivity contribution in [3.8, 4) is 22.2 Å². The Morgan fingerprint density at radius 2 is 1.82 bits per heavy atom. The molecule has 180 valence electrons. The lowest BCUT2D eigenvalue weighted by Crippen LogP contribution is -2.48. The molecule has 0 radical (unpaired) electrons. The van der Waals surface area contributed by atoms with E-state index in [1.807, 2.05) is 17.0 Å². The molecule has 1 aliphatic heterocycles. The minimum atomic E-state index is 0.0771. The first-order chi connectivity index (χ1) is 16.6. The second kappa shape index (κ2) is 9.59. The Balaban J connectivity index is 1.30. The number of methoxy groups -OCH3 is 3. The normalized spacial score (nSPS) is 15.9. The first kappa shape index (κ1) is 22.6. The lowest BCUT2D eigenvalue weighted by molar-refractivity contribution is 0.0626. The number of ether oxygens (including phenoxy) is 3. The number of rotatable bonds is 7. The first-order valence-corrected chi connectivity index (χ1v) is 12.1. The number of hydrogen-bond acceptors (Lipinski definition) is 9. The molecule has 1 aliphatic carbocycles. The van der Waals surface area contributed by atoms with Gasteiger partial charge in [0.05, 0.1) is 26.9 Å². The third-order valence-electron chi connectivity index (χ3n) is 6.51. The van der Waals surface area contributed by atoms with E-state index in [1.54, 1.807) is 43.7 Å². The highest BCUT2D eigenvalue weighted by Gasteiger charge is 2.32. The standard InChI is InChI=1S/C23H28N6O4S/c1-31-17-8-7-15(20(32-2)21(17)33-3)13-27-9-11-28(12-10-27)22(30)19-16-5-4-6-18(16)34-23(19)29-14-24-25-26-29/h7-8,14H,4-6,9-13H2,1-3H3. The number of benzene rings is 1. The van der Waals surface area contributed by atoms with E-state index in [1.165, 1.54) is 10.4 Å². The van der Waals surface area contributed by atoms with Crippen molar-refractivity contribution in [3.05, 3.63) is 40.0 Å². The SMILES string of the molecule is COc1ccc(CN2CCN(C(=O)c3c(-n4cnnn4)sc4c3CCC4)CC2)c(OC)c1OC. The minimum Gasteiger partial charge on any atom is -0.493 e. The summed E-state index contributed by atoms with van der Waals surface area (Å²) in [5.74, 6) is 1.99. The highest BCUT2D eigenvalue weighted by molar-refractivity contribution is 7.15. The van der Waals surface area contributed by atoms with Gasteiger partial charge in [0.2, 0.25) is 5.75 Å². The highest BCUT2D eigenvalue weighted by atomic mass is 32.1. The van der Waals surface area contributed by atoms with Crippen LogP contribution in [0.3, 0.4) is 0 Å². The zero-order valence-corrected chi connectivity index (χ0v) is 20.4. The monoisotopic (exact) mass is 484 g/mol. The summed E-state index contributed by atoms with van der Waals surface area (Å²) >= 11 is 1.64. The van der Waals surface area contributed by atoms with Crippen LogP contribution < -0.4 is 14.2 Å². The van der Waals surface area contributed by atoms with Gasteiger partial charge in [0.15, 0.2) is 11.5 Å². The van der Waals surface area contributed by atoms with Crippen LogP contribution in [0, 0.1) is 0 Å². The lowest BCUT2D eigenvalue weighted by atomic mass is 10.1. The molecule has 1 fully saturated rings. The molecule has 3 heterocycles. The van der Waals surface area contributed by atoms with Crippen molar-refractivity contribution in [1.82, 2.24) is 30.0 Å². The molecule has 1 saturated heterocycles. The second-order valence-electron chi connectivity index (χ2n) is 8.35. The summed E-state index contributed by atoms with van der Waals surface area (Å²) in [6.07, 6.45) is 4.61. The van der Waals surface area contributed by atoms with Crippen LogP contribution in [-0.4, -0.2) is 83.4 Å². The number of tetrazole rings is 1. The smallest absolute Gasteiger partial charge is 0.257 e. The molecular formula is C23H28N6O4S. The van der Waals surface area contributed by atoms with Gasteiger partial charge in [-0.25, -0.2) is 0 Å². The van der Waals surface area contributed by atoms with E-state index in [2.05, 4.69) is 20.4 Å². The maximum atomic E-state index is 13.6. The molecule has 2 aliphatic rings. The van der Waals surface area contributed by atoms with Gasteiger partial charge in [-0.3, -0.25) is 9.69 Å². The fourth-order valence-corrected chi connectivity index (χ4v) is 6.12. The zero-order chi connectivity index (χ0) is 23.7. The molecule has 0 N–H and O–H groups in total. The van der Waals surface area contributed by atoms with Crippen LogP contribution in [0.25, 0.3) is 5.00 Å². The Morgan fingerprint density at radius 1 is 1.03 bits per heavy atom. The van der Waals surface area contributed by atoms with E-state index >= 15 is 0 Å². The maximum Gasteiger partial charge on any atom is 0.257 e. The van der Waals surface area contributed by atoms with Gasteiger partial charge in [-0.05, 0) is 41.3 Å². The Kier molecular flexibility index (Phi) is 6.38. The van der Waals surface area contributed by atoms with Crippen molar-refractivity contribution < 1.29 is 19.0 Å². The number of hydrogen-bond donors (Lipinski definition) is 0. The van der Waals surface area contributed by atoms with Crippen LogP contribution in [0.5, 0.6) is 17.2 Å². The number of amides is 1. The molecule has 5 rings (SSSR count). The van der Waals surface area contributed by atoms with Gasteiger partial charge in [0.25, 0.3) is 5.91 Å². The summed E-state index contributed by atoms with van der Waals surface area (Å²) in [6.45, 7) is 3.57. The molecule has 0 atom stereocenters. The Hall–Kier alpha value is -3.18. The number of aryl methyl sites for hydroxylation is 1. The number of thiophene rings is 1. The van der Waals surface area contributed by atoms with E-state index < -0.39 is 0 Å². The summed E-state index contributed by atoms with van der Waals surface area (Å²) in [7, 11) is 4.86. The quantitative estimate of drug-likeness (QED) is 0.504. The first-order valence-electron chi connectivity index (χ1n) is 11.3.